The van der Waals surface area contributed by atoms with Gasteiger partial charge in [0.15, 0.2) is 0 Å². The third-order valence-electron chi connectivity index (χ3n) is 5.81. The first-order chi connectivity index (χ1) is 17.9. The van der Waals surface area contributed by atoms with E-state index in [1.165, 1.54) is 24.1 Å². The molecule has 0 saturated heterocycles. The summed E-state index contributed by atoms with van der Waals surface area (Å²) in [5.41, 5.74) is 0.582. The molecule has 2 amide bonds. The van der Waals surface area contributed by atoms with Crippen LogP contribution in [0.2, 0.25) is 0 Å². The lowest BCUT2D eigenvalue weighted by Gasteiger charge is -2.33. The van der Waals surface area contributed by atoms with Gasteiger partial charge in [-0.1, -0.05) is 54.6 Å². The highest BCUT2D eigenvalue weighted by Gasteiger charge is 2.33. The Labute approximate surface area is 225 Å². The quantitative estimate of drug-likeness (QED) is 0.418. The molecule has 0 aliphatic carbocycles. The molecule has 3 aromatic rings. The number of carbonyl (C=O) groups excluding carboxylic acids is 2. The number of amides is 2. The highest BCUT2D eigenvalue weighted by Crippen LogP contribution is 2.27. The van der Waals surface area contributed by atoms with Gasteiger partial charge in [0.2, 0.25) is 11.8 Å². The van der Waals surface area contributed by atoms with Crippen LogP contribution in [-0.2, 0) is 26.2 Å². The van der Waals surface area contributed by atoms with Crippen molar-refractivity contribution in [2.45, 2.75) is 50.7 Å². The van der Waals surface area contributed by atoms with E-state index in [-0.39, 0.29) is 23.0 Å². The fourth-order valence-electron chi connectivity index (χ4n) is 3.85. The molecule has 0 aliphatic heterocycles. The van der Waals surface area contributed by atoms with E-state index in [0.29, 0.717) is 5.75 Å². The summed E-state index contributed by atoms with van der Waals surface area (Å²) >= 11 is 0. The van der Waals surface area contributed by atoms with Crippen molar-refractivity contribution in [2.24, 2.45) is 0 Å². The van der Waals surface area contributed by atoms with Crippen molar-refractivity contribution in [2.75, 3.05) is 18.0 Å². The largest absolute Gasteiger partial charge is 0.497 e. The van der Waals surface area contributed by atoms with Crippen LogP contribution in [0.1, 0.15) is 33.3 Å². The number of methoxy groups -OCH3 is 1. The van der Waals surface area contributed by atoms with Gasteiger partial charge < -0.3 is 15.0 Å². The summed E-state index contributed by atoms with van der Waals surface area (Å²) in [6.07, 6.45) is 0. The van der Waals surface area contributed by atoms with Crippen LogP contribution in [0.25, 0.3) is 0 Å². The standard InChI is InChI=1S/C29H35N3O5S/c1-22(28(34)30-29(2,3)4)31(20-23-13-8-6-9-14-23)27(33)21-32(24-15-12-16-25(19-24)37-5)38(35,36)26-17-10-7-11-18-26/h6-19,22H,20-21H2,1-5H3,(H,30,34). The minimum Gasteiger partial charge on any atom is -0.497 e. The summed E-state index contributed by atoms with van der Waals surface area (Å²) in [5, 5.41) is 2.91. The van der Waals surface area contributed by atoms with Gasteiger partial charge in [-0.3, -0.25) is 13.9 Å². The van der Waals surface area contributed by atoms with Crippen molar-refractivity contribution in [1.82, 2.24) is 10.2 Å². The zero-order valence-corrected chi connectivity index (χ0v) is 23.2. The van der Waals surface area contributed by atoms with Gasteiger partial charge in [0.1, 0.15) is 18.3 Å². The minimum atomic E-state index is -4.13. The Morgan fingerprint density at radius 2 is 1.53 bits per heavy atom. The summed E-state index contributed by atoms with van der Waals surface area (Å²) < 4.78 is 33.9. The van der Waals surface area contributed by atoms with Crippen LogP contribution in [0.4, 0.5) is 5.69 Å². The Kier molecular flexibility index (Phi) is 9.17. The molecule has 9 heteroatoms. The van der Waals surface area contributed by atoms with Gasteiger partial charge in [-0.25, -0.2) is 8.42 Å². The second-order valence-electron chi connectivity index (χ2n) is 9.95. The van der Waals surface area contributed by atoms with Crippen LogP contribution in [0.15, 0.2) is 89.8 Å². The predicted molar refractivity (Wildman–Crippen MR) is 148 cm³/mol. The van der Waals surface area contributed by atoms with Crippen LogP contribution < -0.4 is 14.4 Å². The molecule has 0 heterocycles. The second kappa shape index (κ2) is 12.1. The van der Waals surface area contributed by atoms with E-state index in [9.17, 15) is 18.0 Å². The zero-order chi connectivity index (χ0) is 27.9. The van der Waals surface area contributed by atoms with Crippen LogP contribution in [0, 0.1) is 0 Å². The van der Waals surface area contributed by atoms with Crippen molar-refractivity contribution in [3.63, 3.8) is 0 Å². The molecular weight excluding hydrogens is 502 g/mol. The number of nitrogens with zero attached hydrogens (tertiary/aromatic N) is 2. The molecule has 0 aliphatic rings. The van der Waals surface area contributed by atoms with E-state index in [1.54, 1.807) is 49.4 Å². The molecule has 0 aromatic heterocycles. The number of carbonyl (C=O) groups is 2. The Bertz CT molecular complexity index is 1340. The van der Waals surface area contributed by atoms with Gasteiger partial charge in [-0.05, 0) is 57.5 Å². The van der Waals surface area contributed by atoms with Crippen LogP contribution in [0.3, 0.4) is 0 Å². The lowest BCUT2D eigenvalue weighted by Crippen LogP contribution is -2.54. The number of hydrogen-bond donors (Lipinski definition) is 1. The van der Waals surface area contributed by atoms with Gasteiger partial charge in [-0.2, -0.15) is 0 Å². The number of benzene rings is 3. The Hall–Kier alpha value is -3.85. The van der Waals surface area contributed by atoms with Crippen LogP contribution in [-0.4, -0.2) is 50.4 Å². The molecule has 8 nitrogen and oxygen atoms in total. The van der Waals surface area contributed by atoms with Gasteiger partial charge in [0.05, 0.1) is 17.7 Å². The number of rotatable bonds is 10. The maximum atomic E-state index is 13.9. The molecule has 1 unspecified atom stereocenters. The van der Waals surface area contributed by atoms with Gasteiger partial charge in [-0.15, -0.1) is 0 Å². The summed E-state index contributed by atoms with van der Waals surface area (Å²) in [6, 6.07) is 22.9. The normalized spacial score (nSPS) is 12.3. The number of ether oxygens (including phenoxy) is 1. The van der Waals surface area contributed by atoms with E-state index in [0.717, 1.165) is 9.87 Å². The van der Waals surface area contributed by atoms with E-state index in [4.69, 9.17) is 4.74 Å². The molecule has 0 spiro atoms. The third kappa shape index (κ3) is 7.35. The number of anilines is 1. The summed E-state index contributed by atoms with van der Waals surface area (Å²) in [4.78, 5) is 28.4. The average Bonchev–Trinajstić information content (AvgIpc) is 2.90. The Morgan fingerprint density at radius 3 is 2.11 bits per heavy atom. The van der Waals surface area contributed by atoms with Gasteiger partial charge in [0.25, 0.3) is 10.0 Å². The highest BCUT2D eigenvalue weighted by atomic mass is 32.2. The third-order valence-corrected chi connectivity index (χ3v) is 7.60. The Balaban J connectivity index is 2.03. The topological polar surface area (TPSA) is 96.0 Å². The maximum absolute atomic E-state index is 13.9. The smallest absolute Gasteiger partial charge is 0.264 e. The zero-order valence-electron chi connectivity index (χ0n) is 22.4. The first kappa shape index (κ1) is 28.7. The van der Waals surface area contributed by atoms with Gasteiger partial charge in [0, 0.05) is 18.2 Å². The lowest BCUT2D eigenvalue weighted by molar-refractivity contribution is -0.140. The van der Waals surface area contributed by atoms with E-state index in [1.807, 2.05) is 51.1 Å². The summed E-state index contributed by atoms with van der Waals surface area (Å²) in [5.74, 6) is -0.407. The SMILES string of the molecule is COc1cccc(N(CC(=O)N(Cc2ccccc2)C(C)C(=O)NC(C)(C)C)S(=O)(=O)c2ccccc2)c1. The molecule has 0 radical (unpaired) electrons. The van der Waals surface area contributed by atoms with Crippen molar-refractivity contribution in [3.8, 4) is 5.75 Å². The molecular formula is C29H35N3O5S. The molecule has 202 valence electrons. The first-order valence-corrected chi connectivity index (χ1v) is 13.7. The van der Waals surface area contributed by atoms with Crippen molar-refractivity contribution < 1.29 is 22.7 Å². The van der Waals surface area contributed by atoms with Crippen LogP contribution in [0.5, 0.6) is 5.75 Å². The molecule has 1 N–H and O–H groups in total. The number of hydrogen-bond acceptors (Lipinski definition) is 5. The fraction of sp³-hybridized carbons (Fsp3) is 0.310. The number of nitrogens with one attached hydrogen (secondary N) is 1. The molecule has 3 rings (SSSR count). The molecule has 1 atom stereocenters. The monoisotopic (exact) mass is 537 g/mol. The second-order valence-corrected chi connectivity index (χ2v) is 11.8. The lowest BCUT2D eigenvalue weighted by atomic mass is 10.1. The molecule has 0 saturated carbocycles. The van der Waals surface area contributed by atoms with E-state index < -0.39 is 34.1 Å². The Morgan fingerprint density at radius 1 is 0.921 bits per heavy atom. The highest BCUT2D eigenvalue weighted by molar-refractivity contribution is 7.92. The van der Waals surface area contributed by atoms with Gasteiger partial charge >= 0.3 is 0 Å². The fourth-order valence-corrected chi connectivity index (χ4v) is 5.28. The maximum Gasteiger partial charge on any atom is 0.264 e. The molecule has 0 bridgehead atoms. The van der Waals surface area contributed by atoms with Crippen LogP contribution >= 0.6 is 0 Å². The van der Waals surface area contributed by atoms with Crippen molar-refractivity contribution >= 4 is 27.5 Å². The average molecular weight is 538 g/mol. The summed E-state index contributed by atoms with van der Waals surface area (Å²) in [6.45, 7) is 6.84. The molecule has 38 heavy (non-hydrogen) atoms. The minimum absolute atomic E-state index is 0.0451. The first-order valence-electron chi connectivity index (χ1n) is 12.3. The predicted octanol–water partition coefficient (Wildman–Crippen LogP) is 4.22. The summed E-state index contributed by atoms with van der Waals surface area (Å²) in [7, 11) is -2.64. The number of sulfonamides is 1. The van der Waals surface area contributed by atoms with E-state index in [2.05, 4.69) is 5.32 Å². The van der Waals surface area contributed by atoms with E-state index >= 15 is 0 Å². The molecule has 3 aromatic carbocycles. The molecule has 0 fully saturated rings. The van der Waals surface area contributed by atoms with Crippen molar-refractivity contribution in [1.29, 1.82) is 0 Å². The van der Waals surface area contributed by atoms with Crippen molar-refractivity contribution in [3.05, 3.63) is 90.5 Å².